The molecule has 1 aliphatic rings. The average molecular weight is 244 g/mol. The molecule has 1 saturated carbocycles. The minimum absolute atomic E-state index is 0.0709. The van der Waals surface area contributed by atoms with Gasteiger partial charge in [0.15, 0.2) is 0 Å². The van der Waals surface area contributed by atoms with E-state index in [0.717, 1.165) is 30.5 Å². The first-order valence-corrected chi connectivity index (χ1v) is 6.07. The summed E-state index contributed by atoms with van der Waals surface area (Å²) >= 11 is 0. The van der Waals surface area contributed by atoms with Crippen molar-refractivity contribution in [2.24, 2.45) is 0 Å². The van der Waals surface area contributed by atoms with Gasteiger partial charge in [0.25, 0.3) is 0 Å². The van der Waals surface area contributed by atoms with Gasteiger partial charge in [-0.3, -0.25) is 0 Å². The van der Waals surface area contributed by atoms with Gasteiger partial charge >= 0.3 is 0 Å². The number of methoxy groups -OCH3 is 1. The number of hydrogen-bond donors (Lipinski definition) is 1. The normalized spacial score (nSPS) is 16.7. The van der Waals surface area contributed by atoms with Gasteiger partial charge in [0, 0.05) is 25.2 Å². The van der Waals surface area contributed by atoms with E-state index in [1.54, 1.807) is 13.2 Å². The van der Waals surface area contributed by atoms with Gasteiger partial charge in [-0.05, 0) is 24.5 Å². The third-order valence-corrected chi connectivity index (χ3v) is 3.52. The Hall–Kier alpha value is -1.81. The molecule has 1 aromatic heterocycles. The molecule has 0 atom stereocenters. The number of aromatic nitrogens is 1. The van der Waals surface area contributed by atoms with E-state index in [1.807, 2.05) is 12.1 Å². The fourth-order valence-corrected chi connectivity index (χ4v) is 2.23. The Morgan fingerprint density at radius 3 is 2.83 bits per heavy atom. The maximum atomic E-state index is 5.55. The third kappa shape index (κ3) is 2.11. The Labute approximate surface area is 106 Å². The van der Waals surface area contributed by atoms with Crippen molar-refractivity contribution in [2.45, 2.75) is 24.9 Å². The minimum Gasteiger partial charge on any atom is -0.378 e. The highest BCUT2D eigenvalue weighted by atomic mass is 16.5. The maximum Gasteiger partial charge on any atom is 0.222 e. The number of hydrogen-bond acceptors (Lipinski definition) is 4. The summed E-state index contributed by atoms with van der Waals surface area (Å²) in [5.74, 6) is 0.339. The molecule has 0 aliphatic heterocycles. The van der Waals surface area contributed by atoms with E-state index < -0.39 is 0 Å². The van der Waals surface area contributed by atoms with E-state index in [9.17, 15) is 0 Å². The molecule has 1 aliphatic carbocycles. The van der Waals surface area contributed by atoms with Crippen LogP contribution in [0.2, 0.25) is 0 Å². The van der Waals surface area contributed by atoms with Crippen molar-refractivity contribution < 1.29 is 9.26 Å². The summed E-state index contributed by atoms with van der Waals surface area (Å²) in [5, 5.41) is 3.93. The van der Waals surface area contributed by atoms with Crippen LogP contribution in [0, 0.1) is 0 Å². The second-order valence-corrected chi connectivity index (χ2v) is 4.88. The van der Waals surface area contributed by atoms with Crippen LogP contribution in [-0.2, 0) is 11.2 Å². The lowest BCUT2D eigenvalue weighted by atomic mass is 10.0. The van der Waals surface area contributed by atoms with Crippen LogP contribution in [0.5, 0.6) is 0 Å². The van der Waals surface area contributed by atoms with Crippen molar-refractivity contribution in [1.29, 1.82) is 0 Å². The molecular formula is C14H16N2O2. The molecule has 0 radical (unpaired) electrons. The molecule has 0 unspecified atom stereocenters. The third-order valence-electron chi connectivity index (χ3n) is 3.52. The zero-order chi connectivity index (χ0) is 12.6. The standard InChI is InChI=1S/C14H16N2O2/c1-17-14(5-6-14)9-10-3-2-4-11(7-10)12-8-13(15)18-16-12/h2-4,7-8H,5-6,9,15H2,1H3. The van der Waals surface area contributed by atoms with Gasteiger partial charge in [0.05, 0.1) is 5.60 Å². The van der Waals surface area contributed by atoms with Crippen LogP contribution in [0.15, 0.2) is 34.9 Å². The predicted octanol–water partition coefficient (Wildman–Crippen LogP) is 2.65. The number of nitrogen functional groups attached to an aromatic ring is 1. The SMILES string of the molecule is COC1(Cc2cccc(-c3cc(N)on3)c2)CC1. The topological polar surface area (TPSA) is 61.3 Å². The number of benzene rings is 1. The molecule has 0 spiro atoms. The van der Waals surface area contributed by atoms with E-state index in [2.05, 4.69) is 17.3 Å². The van der Waals surface area contributed by atoms with Gasteiger partial charge in [0.2, 0.25) is 5.88 Å². The van der Waals surface area contributed by atoms with Crippen molar-refractivity contribution in [1.82, 2.24) is 5.16 Å². The molecule has 0 amide bonds. The summed E-state index contributed by atoms with van der Waals surface area (Å²) in [6, 6.07) is 10.0. The Bertz CT molecular complexity index is 558. The lowest BCUT2D eigenvalue weighted by Crippen LogP contribution is -2.14. The summed E-state index contributed by atoms with van der Waals surface area (Å²) in [5.41, 5.74) is 8.67. The number of nitrogens with zero attached hydrogens (tertiary/aromatic N) is 1. The van der Waals surface area contributed by atoms with Crippen LogP contribution in [-0.4, -0.2) is 17.9 Å². The van der Waals surface area contributed by atoms with Crippen molar-refractivity contribution in [3.8, 4) is 11.3 Å². The average Bonchev–Trinajstić information content (AvgIpc) is 3.02. The summed E-state index contributed by atoms with van der Waals surface area (Å²) < 4.78 is 10.4. The van der Waals surface area contributed by atoms with Gasteiger partial charge in [0.1, 0.15) is 5.69 Å². The first kappa shape index (κ1) is 11.3. The first-order valence-electron chi connectivity index (χ1n) is 6.07. The number of ether oxygens (including phenoxy) is 1. The molecule has 1 aromatic carbocycles. The Balaban J connectivity index is 1.85. The zero-order valence-corrected chi connectivity index (χ0v) is 10.3. The van der Waals surface area contributed by atoms with Crippen molar-refractivity contribution in [3.05, 3.63) is 35.9 Å². The van der Waals surface area contributed by atoms with E-state index in [0.29, 0.717) is 5.88 Å². The lowest BCUT2D eigenvalue weighted by molar-refractivity contribution is 0.0808. The largest absolute Gasteiger partial charge is 0.378 e. The molecule has 94 valence electrons. The van der Waals surface area contributed by atoms with Crippen molar-refractivity contribution >= 4 is 5.88 Å². The molecule has 18 heavy (non-hydrogen) atoms. The van der Waals surface area contributed by atoms with Crippen LogP contribution in [0.4, 0.5) is 5.88 Å². The summed E-state index contributed by atoms with van der Waals surface area (Å²) in [4.78, 5) is 0. The fourth-order valence-electron chi connectivity index (χ4n) is 2.23. The monoisotopic (exact) mass is 244 g/mol. The molecule has 1 fully saturated rings. The Morgan fingerprint density at radius 2 is 2.22 bits per heavy atom. The molecule has 2 aromatic rings. The van der Waals surface area contributed by atoms with Gasteiger partial charge in [-0.15, -0.1) is 0 Å². The smallest absolute Gasteiger partial charge is 0.222 e. The molecule has 0 bridgehead atoms. The zero-order valence-electron chi connectivity index (χ0n) is 10.3. The molecule has 4 nitrogen and oxygen atoms in total. The van der Waals surface area contributed by atoms with Crippen LogP contribution >= 0.6 is 0 Å². The van der Waals surface area contributed by atoms with E-state index in [4.69, 9.17) is 15.0 Å². The summed E-state index contributed by atoms with van der Waals surface area (Å²) in [6.45, 7) is 0. The van der Waals surface area contributed by atoms with Crippen LogP contribution in [0.3, 0.4) is 0 Å². The van der Waals surface area contributed by atoms with Gasteiger partial charge in [-0.25, -0.2) is 0 Å². The lowest BCUT2D eigenvalue weighted by Gasteiger charge is -2.13. The first-order chi connectivity index (χ1) is 8.71. The number of anilines is 1. The molecular weight excluding hydrogens is 228 g/mol. The van der Waals surface area contributed by atoms with Gasteiger partial charge in [-0.2, -0.15) is 0 Å². The summed E-state index contributed by atoms with van der Waals surface area (Å²) in [7, 11) is 1.79. The van der Waals surface area contributed by atoms with Crippen LogP contribution in [0.1, 0.15) is 18.4 Å². The van der Waals surface area contributed by atoms with Crippen molar-refractivity contribution in [2.75, 3.05) is 12.8 Å². The number of rotatable bonds is 4. The second kappa shape index (κ2) is 4.14. The van der Waals surface area contributed by atoms with Crippen LogP contribution in [0.25, 0.3) is 11.3 Å². The second-order valence-electron chi connectivity index (χ2n) is 4.88. The fraction of sp³-hybridized carbons (Fsp3) is 0.357. The maximum absolute atomic E-state index is 5.55. The van der Waals surface area contributed by atoms with Crippen LogP contribution < -0.4 is 5.73 Å². The highest BCUT2D eigenvalue weighted by Gasteiger charge is 2.42. The van der Waals surface area contributed by atoms with E-state index >= 15 is 0 Å². The van der Waals surface area contributed by atoms with Gasteiger partial charge in [-0.1, -0.05) is 23.4 Å². The quantitative estimate of drug-likeness (QED) is 0.898. The summed E-state index contributed by atoms with van der Waals surface area (Å²) in [6.07, 6.45) is 3.24. The number of nitrogens with two attached hydrogens (primary N) is 1. The Kier molecular flexibility index (Phi) is 2.59. The highest BCUT2D eigenvalue weighted by molar-refractivity contribution is 5.61. The molecule has 0 saturated heterocycles. The van der Waals surface area contributed by atoms with Crippen molar-refractivity contribution in [3.63, 3.8) is 0 Å². The highest BCUT2D eigenvalue weighted by Crippen LogP contribution is 2.42. The minimum atomic E-state index is 0.0709. The Morgan fingerprint density at radius 1 is 1.39 bits per heavy atom. The molecule has 4 heteroatoms. The van der Waals surface area contributed by atoms with E-state index in [-0.39, 0.29) is 5.60 Å². The molecule has 3 rings (SSSR count). The van der Waals surface area contributed by atoms with E-state index in [1.165, 1.54) is 5.56 Å². The van der Waals surface area contributed by atoms with Gasteiger partial charge < -0.3 is 15.0 Å². The molecule has 2 N–H and O–H groups in total. The predicted molar refractivity (Wildman–Crippen MR) is 69.0 cm³/mol. The molecule has 1 heterocycles.